The van der Waals surface area contributed by atoms with Gasteiger partial charge in [0.2, 0.25) is 0 Å². The van der Waals surface area contributed by atoms with Crippen LogP contribution < -0.4 is 5.73 Å². The highest BCUT2D eigenvalue weighted by molar-refractivity contribution is 9.10. The number of halogens is 1. The number of hydrogen-bond donors (Lipinski definition) is 1. The number of hydrogen-bond acceptors (Lipinski definition) is 4. The van der Waals surface area contributed by atoms with Crippen molar-refractivity contribution in [3.63, 3.8) is 0 Å². The van der Waals surface area contributed by atoms with E-state index >= 15 is 0 Å². The van der Waals surface area contributed by atoms with E-state index in [0.717, 1.165) is 23.3 Å². The van der Waals surface area contributed by atoms with E-state index in [1.165, 1.54) is 12.8 Å². The van der Waals surface area contributed by atoms with E-state index in [9.17, 15) is 0 Å². The molecule has 0 saturated heterocycles. The Morgan fingerprint density at radius 3 is 2.79 bits per heavy atom. The molecule has 0 spiro atoms. The number of rotatable bonds is 7. The van der Waals surface area contributed by atoms with Crippen LogP contribution in [0.15, 0.2) is 10.7 Å². The van der Waals surface area contributed by atoms with E-state index in [4.69, 9.17) is 10.5 Å². The van der Waals surface area contributed by atoms with Gasteiger partial charge < -0.3 is 15.4 Å². The smallest absolute Gasteiger partial charge is 0.0807 e. The molecule has 2 rings (SSSR count). The minimum atomic E-state index is -0.128. The molecule has 2 unspecified atom stereocenters. The first-order chi connectivity index (χ1) is 9.04. The Labute approximate surface area is 123 Å². The molecule has 2 N–H and O–H groups in total. The zero-order valence-electron chi connectivity index (χ0n) is 11.8. The van der Waals surface area contributed by atoms with Crippen molar-refractivity contribution in [1.82, 2.24) is 14.7 Å². The number of nitrogens with two attached hydrogens (primary N) is 1. The summed E-state index contributed by atoms with van der Waals surface area (Å²) in [6, 6.07) is -0.128. The molecule has 0 aliphatic heterocycles. The van der Waals surface area contributed by atoms with Gasteiger partial charge >= 0.3 is 0 Å². The lowest BCUT2D eigenvalue weighted by molar-refractivity contribution is 0.0596. The third-order valence-electron chi connectivity index (χ3n) is 3.62. The molecule has 1 aromatic rings. The third kappa shape index (κ3) is 3.56. The van der Waals surface area contributed by atoms with Crippen LogP contribution in [0.3, 0.4) is 0 Å². The van der Waals surface area contributed by atoms with Crippen LogP contribution in [0, 0.1) is 5.92 Å². The first kappa shape index (κ1) is 15.0. The molecule has 2 atom stereocenters. The SMILES string of the molecule is COC(C1CC1)C(N)c1c(Br)cnn1CCN(C)C. The summed E-state index contributed by atoms with van der Waals surface area (Å²) >= 11 is 3.56. The number of aromatic nitrogens is 2. The summed E-state index contributed by atoms with van der Waals surface area (Å²) in [6.45, 7) is 1.78. The molecule has 1 saturated carbocycles. The molecule has 1 fully saturated rings. The average Bonchev–Trinajstić information content (AvgIpc) is 3.11. The molecule has 0 radical (unpaired) electrons. The second-order valence-electron chi connectivity index (χ2n) is 5.47. The fourth-order valence-corrected chi connectivity index (χ4v) is 2.95. The van der Waals surface area contributed by atoms with Crippen molar-refractivity contribution in [2.24, 2.45) is 11.7 Å². The Morgan fingerprint density at radius 2 is 2.26 bits per heavy atom. The van der Waals surface area contributed by atoms with E-state index in [-0.39, 0.29) is 12.1 Å². The Hall–Kier alpha value is -0.430. The summed E-state index contributed by atoms with van der Waals surface area (Å²) in [5.41, 5.74) is 7.46. The van der Waals surface area contributed by atoms with E-state index in [1.54, 1.807) is 7.11 Å². The Balaban J connectivity index is 2.14. The Bertz CT molecular complexity index is 417. The monoisotopic (exact) mass is 330 g/mol. The predicted octanol–water partition coefficient (Wildman–Crippen LogP) is 1.63. The predicted molar refractivity (Wildman–Crippen MR) is 78.9 cm³/mol. The van der Waals surface area contributed by atoms with Gasteiger partial charge in [-0.25, -0.2) is 0 Å². The minimum Gasteiger partial charge on any atom is -0.379 e. The topological polar surface area (TPSA) is 56.3 Å². The lowest BCUT2D eigenvalue weighted by Gasteiger charge is -2.24. The zero-order chi connectivity index (χ0) is 14.0. The van der Waals surface area contributed by atoms with Gasteiger partial charge in [-0.2, -0.15) is 5.10 Å². The largest absolute Gasteiger partial charge is 0.379 e. The number of ether oxygens (including phenoxy) is 1. The average molecular weight is 331 g/mol. The molecule has 1 heterocycles. The molecule has 1 aliphatic rings. The van der Waals surface area contributed by atoms with Crippen LogP contribution in [-0.2, 0) is 11.3 Å². The summed E-state index contributed by atoms with van der Waals surface area (Å²) in [7, 11) is 5.86. The molecule has 6 heteroatoms. The van der Waals surface area contributed by atoms with Gasteiger partial charge in [-0.3, -0.25) is 4.68 Å². The lowest BCUT2D eigenvalue weighted by Crippen LogP contribution is -2.33. The van der Waals surface area contributed by atoms with Gasteiger partial charge in [-0.15, -0.1) is 0 Å². The lowest BCUT2D eigenvalue weighted by atomic mass is 10.0. The molecular weight excluding hydrogens is 308 g/mol. The summed E-state index contributed by atoms with van der Waals surface area (Å²) in [5, 5.41) is 4.41. The van der Waals surface area contributed by atoms with Gasteiger partial charge in [0.25, 0.3) is 0 Å². The van der Waals surface area contributed by atoms with E-state index in [2.05, 4.69) is 40.0 Å². The molecule has 0 aromatic carbocycles. The normalized spacial score (nSPS) is 18.8. The van der Waals surface area contributed by atoms with Gasteiger partial charge in [0.05, 0.1) is 35.1 Å². The second-order valence-corrected chi connectivity index (χ2v) is 6.32. The fraction of sp³-hybridized carbons (Fsp3) is 0.769. The number of likely N-dealkylation sites (N-methyl/N-ethyl adjacent to an activating group) is 1. The van der Waals surface area contributed by atoms with Crippen LogP contribution in [0.2, 0.25) is 0 Å². The second kappa shape index (κ2) is 6.35. The van der Waals surface area contributed by atoms with Gasteiger partial charge in [-0.1, -0.05) is 0 Å². The van der Waals surface area contributed by atoms with E-state index in [0.29, 0.717) is 5.92 Å². The van der Waals surface area contributed by atoms with Crippen LogP contribution in [0.25, 0.3) is 0 Å². The van der Waals surface area contributed by atoms with Crippen molar-refractivity contribution in [2.45, 2.75) is 31.5 Å². The quantitative estimate of drug-likeness (QED) is 0.825. The highest BCUT2D eigenvalue weighted by Gasteiger charge is 2.37. The fourth-order valence-electron chi connectivity index (χ4n) is 2.39. The maximum atomic E-state index is 6.41. The van der Waals surface area contributed by atoms with Crippen LogP contribution in [0.1, 0.15) is 24.6 Å². The molecule has 5 nitrogen and oxygen atoms in total. The van der Waals surface area contributed by atoms with Crippen molar-refractivity contribution in [2.75, 3.05) is 27.7 Å². The number of methoxy groups -OCH3 is 1. The van der Waals surface area contributed by atoms with Crippen molar-refractivity contribution in [1.29, 1.82) is 0 Å². The van der Waals surface area contributed by atoms with Gasteiger partial charge in [0, 0.05) is 13.7 Å². The maximum Gasteiger partial charge on any atom is 0.0807 e. The van der Waals surface area contributed by atoms with Crippen molar-refractivity contribution in [3.05, 3.63) is 16.4 Å². The summed E-state index contributed by atoms with van der Waals surface area (Å²) in [6.07, 6.45) is 4.35. The highest BCUT2D eigenvalue weighted by atomic mass is 79.9. The summed E-state index contributed by atoms with van der Waals surface area (Å²) < 4.78 is 8.56. The van der Waals surface area contributed by atoms with Gasteiger partial charge in [-0.05, 0) is 48.8 Å². The van der Waals surface area contributed by atoms with Crippen LogP contribution in [-0.4, -0.2) is 48.5 Å². The van der Waals surface area contributed by atoms with Crippen molar-refractivity contribution in [3.8, 4) is 0 Å². The van der Waals surface area contributed by atoms with Crippen LogP contribution >= 0.6 is 15.9 Å². The van der Waals surface area contributed by atoms with Crippen LogP contribution in [0.4, 0.5) is 0 Å². The molecule has 108 valence electrons. The molecule has 0 amide bonds. The van der Waals surface area contributed by atoms with Crippen molar-refractivity contribution < 1.29 is 4.74 Å². The standard InChI is InChI=1S/C13H23BrN4O/c1-17(2)6-7-18-12(10(14)8-16-18)11(15)13(19-3)9-4-5-9/h8-9,11,13H,4-7,15H2,1-3H3. The highest BCUT2D eigenvalue weighted by Crippen LogP contribution is 2.40. The van der Waals surface area contributed by atoms with E-state index in [1.807, 2.05) is 10.9 Å². The van der Waals surface area contributed by atoms with E-state index < -0.39 is 0 Å². The van der Waals surface area contributed by atoms with Crippen molar-refractivity contribution >= 4 is 15.9 Å². The summed E-state index contributed by atoms with van der Waals surface area (Å²) in [5.74, 6) is 0.601. The zero-order valence-corrected chi connectivity index (χ0v) is 13.4. The third-order valence-corrected chi connectivity index (χ3v) is 4.23. The van der Waals surface area contributed by atoms with Crippen LogP contribution in [0.5, 0.6) is 0 Å². The summed E-state index contributed by atoms with van der Waals surface area (Å²) in [4.78, 5) is 2.14. The number of nitrogens with zero attached hydrogens (tertiary/aromatic N) is 3. The Morgan fingerprint density at radius 1 is 1.58 bits per heavy atom. The van der Waals surface area contributed by atoms with Gasteiger partial charge in [0.1, 0.15) is 0 Å². The first-order valence-corrected chi connectivity index (χ1v) is 7.48. The first-order valence-electron chi connectivity index (χ1n) is 6.69. The minimum absolute atomic E-state index is 0.0890. The molecular formula is C13H23BrN4O. The molecule has 19 heavy (non-hydrogen) atoms. The molecule has 1 aliphatic carbocycles. The molecule has 0 bridgehead atoms. The molecule has 1 aromatic heterocycles. The Kier molecular flexibility index (Phi) is 5.00. The maximum absolute atomic E-state index is 6.41. The van der Waals surface area contributed by atoms with Gasteiger partial charge in [0.15, 0.2) is 0 Å².